The number of aryl methyl sites for hydroxylation is 1. The van der Waals surface area contributed by atoms with Crippen molar-refractivity contribution in [1.29, 1.82) is 0 Å². The Kier molecular flexibility index (Phi) is 8.27. The van der Waals surface area contributed by atoms with Crippen LogP contribution in [0.3, 0.4) is 0 Å². The number of carbonyl (C=O) groups excluding carboxylic acids is 1. The molecule has 3 N–H and O–H groups in total. The molecule has 1 amide bonds. The predicted molar refractivity (Wildman–Crippen MR) is 113 cm³/mol. The summed E-state index contributed by atoms with van der Waals surface area (Å²) in [6.07, 6.45) is 0. The molecular formula is C21H27FN4O3. The number of hydrogen-bond donors (Lipinski definition) is 3. The van der Waals surface area contributed by atoms with E-state index in [-0.39, 0.29) is 11.5 Å². The number of carbonyl (C=O) groups is 1. The van der Waals surface area contributed by atoms with Gasteiger partial charge in [-0.1, -0.05) is 6.07 Å². The fourth-order valence-electron chi connectivity index (χ4n) is 2.53. The summed E-state index contributed by atoms with van der Waals surface area (Å²) in [5.74, 6) is 1.07. The monoisotopic (exact) mass is 402 g/mol. The molecule has 0 unspecified atom stereocenters. The van der Waals surface area contributed by atoms with Crippen LogP contribution in [-0.4, -0.2) is 45.7 Å². The first-order chi connectivity index (χ1) is 14.0. The molecule has 0 saturated carbocycles. The topological polar surface area (TPSA) is 84.0 Å². The number of methoxy groups -OCH3 is 2. The smallest absolute Gasteiger partial charge is 0.251 e. The molecule has 7 nitrogen and oxygen atoms in total. The molecule has 0 fully saturated rings. The van der Waals surface area contributed by atoms with Crippen molar-refractivity contribution in [3.63, 3.8) is 0 Å². The van der Waals surface area contributed by atoms with Crippen molar-refractivity contribution >= 4 is 17.6 Å². The Morgan fingerprint density at radius 2 is 1.83 bits per heavy atom. The average molecular weight is 402 g/mol. The largest absolute Gasteiger partial charge is 0.493 e. The molecule has 0 aliphatic rings. The second-order valence-electron chi connectivity index (χ2n) is 6.18. The number of nitrogens with one attached hydrogen (secondary N) is 3. The minimum Gasteiger partial charge on any atom is -0.493 e. The molecule has 0 aliphatic heterocycles. The van der Waals surface area contributed by atoms with E-state index < -0.39 is 5.82 Å². The molecule has 0 aliphatic carbocycles. The van der Waals surface area contributed by atoms with Crippen LogP contribution < -0.4 is 25.4 Å². The number of hydrogen-bond acceptors (Lipinski definition) is 4. The van der Waals surface area contributed by atoms with Gasteiger partial charge in [0, 0.05) is 30.4 Å². The number of guanidine groups is 1. The van der Waals surface area contributed by atoms with Crippen molar-refractivity contribution in [3.05, 3.63) is 53.3 Å². The van der Waals surface area contributed by atoms with Crippen molar-refractivity contribution in [1.82, 2.24) is 10.6 Å². The van der Waals surface area contributed by atoms with Gasteiger partial charge in [-0.15, -0.1) is 0 Å². The molecule has 0 heterocycles. The quantitative estimate of drug-likeness (QED) is 0.359. The van der Waals surface area contributed by atoms with Gasteiger partial charge in [0.1, 0.15) is 5.82 Å². The lowest BCUT2D eigenvalue weighted by atomic mass is 10.1. The van der Waals surface area contributed by atoms with Crippen LogP contribution >= 0.6 is 0 Å². The Morgan fingerprint density at radius 1 is 1.07 bits per heavy atom. The van der Waals surface area contributed by atoms with Crippen LogP contribution in [0.2, 0.25) is 0 Å². The van der Waals surface area contributed by atoms with E-state index >= 15 is 0 Å². The molecule has 0 spiro atoms. The molecule has 0 atom stereocenters. The number of amides is 1. The third-order valence-electron chi connectivity index (χ3n) is 4.09. The van der Waals surface area contributed by atoms with E-state index in [0.29, 0.717) is 42.7 Å². The molecule has 29 heavy (non-hydrogen) atoms. The Labute approximate surface area is 170 Å². The van der Waals surface area contributed by atoms with E-state index in [0.717, 1.165) is 5.69 Å². The number of anilines is 1. The number of halogens is 1. The fourth-order valence-corrected chi connectivity index (χ4v) is 2.53. The van der Waals surface area contributed by atoms with Crippen molar-refractivity contribution in [2.45, 2.75) is 13.8 Å². The van der Waals surface area contributed by atoms with Gasteiger partial charge in [0.15, 0.2) is 17.5 Å². The summed E-state index contributed by atoms with van der Waals surface area (Å²) >= 11 is 0. The highest BCUT2D eigenvalue weighted by molar-refractivity contribution is 5.95. The standard InChI is InChI=1S/C21H27FN4O3/c1-5-23-21(26-16-8-9-18(28-3)19(13-16)29-4)25-11-10-24-20(27)15-7-6-14(2)17(22)12-15/h6-9,12-13H,5,10-11H2,1-4H3,(H,24,27)(H2,23,25,26). The third kappa shape index (κ3) is 6.38. The first-order valence-corrected chi connectivity index (χ1v) is 9.30. The minimum atomic E-state index is -0.399. The summed E-state index contributed by atoms with van der Waals surface area (Å²) < 4.78 is 24.1. The fraction of sp³-hybridized carbons (Fsp3) is 0.333. The van der Waals surface area contributed by atoms with Gasteiger partial charge in [0.25, 0.3) is 5.91 Å². The minimum absolute atomic E-state index is 0.285. The van der Waals surface area contributed by atoms with Gasteiger partial charge >= 0.3 is 0 Å². The van der Waals surface area contributed by atoms with Gasteiger partial charge in [-0.2, -0.15) is 0 Å². The van der Waals surface area contributed by atoms with Gasteiger partial charge in [-0.3, -0.25) is 9.79 Å². The maximum atomic E-state index is 13.6. The molecule has 2 aromatic rings. The van der Waals surface area contributed by atoms with E-state index in [1.807, 2.05) is 13.0 Å². The number of benzene rings is 2. The summed E-state index contributed by atoms with van der Waals surface area (Å²) in [7, 11) is 3.15. The van der Waals surface area contributed by atoms with Crippen molar-refractivity contribution < 1.29 is 18.7 Å². The van der Waals surface area contributed by atoms with Crippen LogP contribution in [0, 0.1) is 12.7 Å². The summed E-state index contributed by atoms with van der Waals surface area (Å²) in [5.41, 5.74) is 1.57. The maximum Gasteiger partial charge on any atom is 0.251 e. The van der Waals surface area contributed by atoms with Crippen LogP contribution in [0.5, 0.6) is 11.5 Å². The Balaban J connectivity index is 1.95. The van der Waals surface area contributed by atoms with E-state index in [4.69, 9.17) is 9.47 Å². The maximum absolute atomic E-state index is 13.6. The summed E-state index contributed by atoms with van der Waals surface area (Å²) in [6, 6.07) is 9.86. The Morgan fingerprint density at radius 3 is 2.48 bits per heavy atom. The van der Waals surface area contributed by atoms with Crippen LogP contribution in [0.25, 0.3) is 0 Å². The summed E-state index contributed by atoms with van der Waals surface area (Å²) in [6.45, 7) is 4.95. The number of aliphatic imine (C=N–C) groups is 1. The Hall–Kier alpha value is -3.29. The number of nitrogens with zero attached hydrogens (tertiary/aromatic N) is 1. The van der Waals surface area contributed by atoms with Crippen molar-refractivity contribution in [2.24, 2.45) is 4.99 Å². The third-order valence-corrected chi connectivity index (χ3v) is 4.09. The lowest BCUT2D eigenvalue weighted by Gasteiger charge is -2.14. The molecule has 0 saturated heterocycles. The zero-order valence-electron chi connectivity index (χ0n) is 17.1. The lowest BCUT2D eigenvalue weighted by Crippen LogP contribution is -2.32. The highest BCUT2D eigenvalue weighted by Gasteiger charge is 2.08. The summed E-state index contributed by atoms with van der Waals surface area (Å²) in [5, 5.41) is 9.05. The zero-order valence-corrected chi connectivity index (χ0v) is 17.1. The molecule has 0 aromatic heterocycles. The van der Waals surface area contributed by atoms with Gasteiger partial charge in [0.05, 0.1) is 20.8 Å². The normalized spacial score (nSPS) is 11.0. The second kappa shape index (κ2) is 10.9. The molecule has 0 radical (unpaired) electrons. The zero-order chi connectivity index (χ0) is 21.2. The molecule has 8 heteroatoms. The van der Waals surface area contributed by atoms with E-state index in [2.05, 4.69) is 20.9 Å². The van der Waals surface area contributed by atoms with Crippen molar-refractivity contribution in [3.8, 4) is 11.5 Å². The summed E-state index contributed by atoms with van der Waals surface area (Å²) in [4.78, 5) is 16.6. The lowest BCUT2D eigenvalue weighted by molar-refractivity contribution is 0.0954. The number of ether oxygens (including phenoxy) is 2. The van der Waals surface area contributed by atoms with E-state index in [9.17, 15) is 9.18 Å². The molecule has 2 rings (SSSR count). The Bertz CT molecular complexity index is 871. The predicted octanol–water partition coefficient (Wildman–Crippen LogP) is 2.96. The second-order valence-corrected chi connectivity index (χ2v) is 6.18. The van der Waals surface area contributed by atoms with Crippen molar-refractivity contribution in [2.75, 3.05) is 39.2 Å². The van der Waals surface area contributed by atoms with E-state index in [1.165, 1.54) is 6.07 Å². The van der Waals surface area contributed by atoms with E-state index in [1.54, 1.807) is 45.4 Å². The van der Waals surface area contributed by atoms with Gasteiger partial charge < -0.3 is 25.4 Å². The first kappa shape index (κ1) is 22.0. The van der Waals surface area contributed by atoms with Crippen LogP contribution in [0.4, 0.5) is 10.1 Å². The van der Waals surface area contributed by atoms with Crippen LogP contribution in [0.15, 0.2) is 41.4 Å². The van der Waals surface area contributed by atoms with Gasteiger partial charge in [-0.25, -0.2) is 4.39 Å². The van der Waals surface area contributed by atoms with Gasteiger partial charge in [-0.05, 0) is 43.7 Å². The highest BCUT2D eigenvalue weighted by Crippen LogP contribution is 2.29. The molecule has 2 aromatic carbocycles. The average Bonchev–Trinajstić information content (AvgIpc) is 2.72. The molecule has 156 valence electrons. The van der Waals surface area contributed by atoms with Crippen LogP contribution in [0.1, 0.15) is 22.8 Å². The first-order valence-electron chi connectivity index (χ1n) is 9.30. The van der Waals surface area contributed by atoms with Crippen LogP contribution in [-0.2, 0) is 0 Å². The SMILES string of the molecule is CCNC(=NCCNC(=O)c1ccc(C)c(F)c1)Nc1ccc(OC)c(OC)c1. The molecular weight excluding hydrogens is 375 g/mol. The molecule has 0 bridgehead atoms. The van der Waals surface area contributed by atoms with Gasteiger partial charge in [0.2, 0.25) is 0 Å². The highest BCUT2D eigenvalue weighted by atomic mass is 19.1. The number of rotatable bonds is 8.